The van der Waals surface area contributed by atoms with Gasteiger partial charge in [-0.25, -0.2) is 0 Å². The van der Waals surface area contributed by atoms with Crippen LogP contribution in [0.1, 0.15) is 36.0 Å². The van der Waals surface area contributed by atoms with Gasteiger partial charge in [0.2, 0.25) is 11.8 Å². The van der Waals surface area contributed by atoms with Crippen LogP contribution in [-0.4, -0.2) is 31.3 Å². The fraction of sp³-hybridized carbons (Fsp3) is 0.286. The second-order valence-corrected chi connectivity index (χ2v) is 6.37. The number of ether oxygens (including phenoxy) is 1. The zero-order valence-corrected chi connectivity index (χ0v) is 15.2. The van der Waals surface area contributed by atoms with E-state index in [4.69, 9.17) is 4.74 Å². The lowest BCUT2D eigenvalue weighted by Crippen LogP contribution is -2.24. The van der Waals surface area contributed by atoms with Gasteiger partial charge in [-0.15, -0.1) is 0 Å². The van der Waals surface area contributed by atoms with Crippen LogP contribution >= 0.6 is 0 Å². The monoisotopic (exact) mass is 366 g/mol. The zero-order valence-electron chi connectivity index (χ0n) is 15.2. The summed E-state index contributed by atoms with van der Waals surface area (Å²) < 4.78 is 5.39. The van der Waals surface area contributed by atoms with E-state index >= 15 is 0 Å². The summed E-state index contributed by atoms with van der Waals surface area (Å²) in [5.74, 6) is 0.297. The summed E-state index contributed by atoms with van der Waals surface area (Å²) in [5, 5.41) is 2.78. The van der Waals surface area contributed by atoms with E-state index in [0.29, 0.717) is 35.7 Å². The van der Waals surface area contributed by atoms with Gasteiger partial charge in [0, 0.05) is 43.1 Å². The number of carbonyl (C=O) groups is 3. The minimum absolute atomic E-state index is 0.0637. The number of amides is 2. The van der Waals surface area contributed by atoms with Crippen molar-refractivity contribution in [2.24, 2.45) is 0 Å². The Morgan fingerprint density at radius 3 is 2.56 bits per heavy atom. The van der Waals surface area contributed by atoms with Gasteiger partial charge in [0.05, 0.1) is 12.8 Å². The van der Waals surface area contributed by atoms with Crippen LogP contribution in [0.25, 0.3) is 0 Å². The van der Waals surface area contributed by atoms with Gasteiger partial charge in [0.25, 0.3) is 0 Å². The van der Waals surface area contributed by atoms with E-state index in [-0.39, 0.29) is 30.4 Å². The van der Waals surface area contributed by atoms with Crippen LogP contribution in [0.2, 0.25) is 0 Å². The average Bonchev–Trinajstić information content (AvgIpc) is 3.12. The Bertz CT molecular complexity index is 849. The van der Waals surface area contributed by atoms with Crippen molar-refractivity contribution in [1.82, 2.24) is 0 Å². The van der Waals surface area contributed by atoms with Crippen LogP contribution < -0.4 is 15.0 Å². The van der Waals surface area contributed by atoms with E-state index in [0.717, 1.165) is 6.42 Å². The van der Waals surface area contributed by atoms with Crippen molar-refractivity contribution in [3.63, 3.8) is 0 Å². The summed E-state index contributed by atoms with van der Waals surface area (Å²) in [6, 6.07) is 14.1. The third-order valence-electron chi connectivity index (χ3n) is 4.50. The number of ketones is 1. The molecule has 2 amide bonds. The van der Waals surface area contributed by atoms with Gasteiger partial charge in [-0.2, -0.15) is 0 Å². The van der Waals surface area contributed by atoms with Gasteiger partial charge in [-0.1, -0.05) is 30.3 Å². The van der Waals surface area contributed by atoms with Crippen molar-refractivity contribution in [3.05, 3.63) is 54.1 Å². The molecular formula is C21H22N2O4. The summed E-state index contributed by atoms with van der Waals surface area (Å²) in [5.41, 5.74) is 1.88. The zero-order chi connectivity index (χ0) is 19.2. The number of nitrogens with one attached hydrogen (secondary N) is 1. The lowest BCUT2D eigenvalue weighted by atomic mass is 10.1. The molecule has 6 nitrogen and oxygen atoms in total. The second-order valence-electron chi connectivity index (χ2n) is 6.37. The van der Waals surface area contributed by atoms with Crippen LogP contribution in [0.5, 0.6) is 5.75 Å². The first-order valence-electron chi connectivity index (χ1n) is 8.95. The van der Waals surface area contributed by atoms with Crippen molar-refractivity contribution in [2.75, 3.05) is 23.9 Å². The van der Waals surface area contributed by atoms with E-state index in [9.17, 15) is 14.4 Å². The summed E-state index contributed by atoms with van der Waals surface area (Å²) in [4.78, 5) is 37.9. The van der Waals surface area contributed by atoms with Crippen molar-refractivity contribution in [2.45, 2.75) is 25.7 Å². The Morgan fingerprint density at radius 1 is 1.11 bits per heavy atom. The molecule has 3 rings (SSSR count). The van der Waals surface area contributed by atoms with Gasteiger partial charge < -0.3 is 15.0 Å². The first-order chi connectivity index (χ1) is 13.1. The minimum atomic E-state index is -0.244. The number of anilines is 2. The van der Waals surface area contributed by atoms with Gasteiger partial charge in [0.1, 0.15) is 5.75 Å². The predicted molar refractivity (Wildman–Crippen MR) is 103 cm³/mol. The normalized spacial score (nSPS) is 13.5. The fourth-order valence-corrected chi connectivity index (χ4v) is 3.10. The van der Waals surface area contributed by atoms with Crippen LogP contribution in [-0.2, 0) is 9.59 Å². The fourth-order valence-electron chi connectivity index (χ4n) is 3.10. The molecule has 0 atom stereocenters. The molecule has 0 saturated carbocycles. The topological polar surface area (TPSA) is 75.7 Å². The SMILES string of the molecule is COc1cc(NC(=O)CCC(=O)c2ccccc2)ccc1N1CCCC1=O. The van der Waals surface area contributed by atoms with E-state index in [2.05, 4.69) is 5.32 Å². The third-order valence-corrected chi connectivity index (χ3v) is 4.50. The first-order valence-corrected chi connectivity index (χ1v) is 8.95. The van der Waals surface area contributed by atoms with Crippen molar-refractivity contribution >= 4 is 29.0 Å². The molecular weight excluding hydrogens is 344 g/mol. The molecule has 1 heterocycles. The largest absolute Gasteiger partial charge is 0.494 e. The first kappa shape index (κ1) is 18.6. The van der Waals surface area contributed by atoms with E-state index in [1.54, 1.807) is 47.4 Å². The number of benzene rings is 2. The Labute approximate surface area is 158 Å². The van der Waals surface area contributed by atoms with Crippen molar-refractivity contribution < 1.29 is 19.1 Å². The smallest absolute Gasteiger partial charge is 0.227 e. The highest BCUT2D eigenvalue weighted by atomic mass is 16.5. The number of hydrogen-bond donors (Lipinski definition) is 1. The summed E-state index contributed by atoms with van der Waals surface area (Å²) in [6.45, 7) is 0.669. The van der Waals surface area contributed by atoms with Crippen LogP contribution in [0, 0.1) is 0 Å². The summed E-state index contributed by atoms with van der Waals surface area (Å²) in [6.07, 6.45) is 1.61. The van der Waals surface area contributed by atoms with E-state index in [1.807, 2.05) is 6.07 Å². The molecule has 2 aromatic carbocycles. The second kappa shape index (κ2) is 8.49. The Hall–Kier alpha value is -3.15. The Kier molecular flexibility index (Phi) is 5.86. The predicted octanol–water partition coefficient (Wildman–Crippen LogP) is 3.42. The Morgan fingerprint density at radius 2 is 1.89 bits per heavy atom. The van der Waals surface area contributed by atoms with Crippen molar-refractivity contribution in [3.8, 4) is 5.75 Å². The third kappa shape index (κ3) is 4.53. The van der Waals surface area contributed by atoms with E-state index < -0.39 is 0 Å². The highest BCUT2D eigenvalue weighted by Gasteiger charge is 2.24. The maximum atomic E-state index is 12.2. The molecule has 27 heavy (non-hydrogen) atoms. The van der Waals surface area contributed by atoms with Gasteiger partial charge in [-0.3, -0.25) is 14.4 Å². The molecule has 1 fully saturated rings. The van der Waals surface area contributed by atoms with Crippen LogP contribution in [0.3, 0.4) is 0 Å². The van der Waals surface area contributed by atoms with Crippen LogP contribution in [0.4, 0.5) is 11.4 Å². The number of nitrogens with zero attached hydrogens (tertiary/aromatic N) is 1. The van der Waals surface area contributed by atoms with Gasteiger partial charge in [-0.05, 0) is 18.6 Å². The summed E-state index contributed by atoms with van der Waals surface area (Å²) in [7, 11) is 1.53. The van der Waals surface area contributed by atoms with Crippen LogP contribution in [0.15, 0.2) is 48.5 Å². The molecule has 0 unspecified atom stereocenters. The molecule has 6 heteroatoms. The number of rotatable bonds is 7. The molecule has 1 saturated heterocycles. The van der Waals surface area contributed by atoms with Gasteiger partial charge >= 0.3 is 0 Å². The van der Waals surface area contributed by atoms with Gasteiger partial charge in [0.15, 0.2) is 5.78 Å². The molecule has 2 aromatic rings. The lowest BCUT2D eigenvalue weighted by Gasteiger charge is -2.19. The molecule has 0 bridgehead atoms. The molecule has 140 valence electrons. The minimum Gasteiger partial charge on any atom is -0.494 e. The maximum Gasteiger partial charge on any atom is 0.227 e. The lowest BCUT2D eigenvalue weighted by molar-refractivity contribution is -0.117. The standard InChI is InChI=1S/C21H22N2O4/c1-27-19-14-16(9-10-17(19)23-13-5-8-21(23)26)22-20(25)12-11-18(24)15-6-3-2-4-7-15/h2-4,6-7,9-10,14H,5,8,11-13H2,1H3,(H,22,25). The Balaban J connectivity index is 1.61. The quantitative estimate of drug-likeness (QED) is 0.762. The molecule has 1 aliphatic heterocycles. The molecule has 0 spiro atoms. The maximum absolute atomic E-state index is 12.2. The average molecular weight is 366 g/mol. The molecule has 1 aliphatic rings. The highest BCUT2D eigenvalue weighted by molar-refractivity contribution is 6.00. The molecule has 0 radical (unpaired) electrons. The molecule has 1 N–H and O–H groups in total. The number of Topliss-reactive ketones (excluding diaryl/α,β-unsaturated/α-hetero) is 1. The molecule has 0 aromatic heterocycles. The number of hydrogen-bond acceptors (Lipinski definition) is 4. The highest BCUT2D eigenvalue weighted by Crippen LogP contribution is 2.33. The number of methoxy groups -OCH3 is 1. The van der Waals surface area contributed by atoms with E-state index in [1.165, 1.54) is 7.11 Å². The molecule has 0 aliphatic carbocycles. The number of carbonyl (C=O) groups excluding carboxylic acids is 3. The summed E-state index contributed by atoms with van der Waals surface area (Å²) >= 11 is 0. The van der Waals surface area contributed by atoms with Crippen molar-refractivity contribution in [1.29, 1.82) is 0 Å².